The summed E-state index contributed by atoms with van der Waals surface area (Å²) in [6.07, 6.45) is 0. The molecule has 2 rings (SSSR count). The first-order chi connectivity index (χ1) is 9.56. The summed E-state index contributed by atoms with van der Waals surface area (Å²) in [5.74, 6) is 0.251. The molecule has 0 spiro atoms. The highest BCUT2D eigenvalue weighted by Crippen LogP contribution is 2.30. The third-order valence-electron chi connectivity index (χ3n) is 3.03. The molecule has 106 valence electrons. The van der Waals surface area contributed by atoms with Gasteiger partial charge >= 0.3 is 0 Å². The first-order valence-electron chi connectivity index (χ1n) is 6.51. The number of hydrogen-bond acceptors (Lipinski definition) is 4. The summed E-state index contributed by atoms with van der Waals surface area (Å²) in [6.45, 7) is 5.85. The third-order valence-corrected chi connectivity index (χ3v) is 3.03. The topological polar surface area (TPSA) is 59.6 Å². The zero-order valence-corrected chi connectivity index (χ0v) is 12.2. The second-order valence-electron chi connectivity index (χ2n) is 4.85. The molecule has 0 radical (unpaired) electrons. The molecule has 1 N–H and O–H groups in total. The maximum atomic E-state index is 10.5. The Labute approximate surface area is 118 Å². The molecule has 0 saturated carbocycles. The van der Waals surface area contributed by atoms with Crippen molar-refractivity contribution in [3.8, 4) is 11.6 Å². The van der Waals surface area contributed by atoms with Crippen molar-refractivity contribution in [3.63, 3.8) is 0 Å². The van der Waals surface area contributed by atoms with Gasteiger partial charge in [-0.2, -0.15) is 5.10 Å². The van der Waals surface area contributed by atoms with E-state index in [-0.39, 0.29) is 11.8 Å². The van der Waals surface area contributed by atoms with Gasteiger partial charge in [0.25, 0.3) is 0 Å². The van der Waals surface area contributed by atoms with Crippen LogP contribution in [0.2, 0.25) is 0 Å². The van der Waals surface area contributed by atoms with Crippen molar-refractivity contribution in [2.45, 2.75) is 26.7 Å². The largest absolute Gasteiger partial charge is 0.493 e. The van der Waals surface area contributed by atoms with Crippen molar-refractivity contribution in [1.29, 1.82) is 0 Å². The molecular formula is C15H19N3O2. The number of nitrogens with zero attached hydrogens (tertiary/aromatic N) is 3. The fourth-order valence-electron chi connectivity index (χ4n) is 2.11. The summed E-state index contributed by atoms with van der Waals surface area (Å²) in [4.78, 5) is 4.80. The van der Waals surface area contributed by atoms with Crippen molar-refractivity contribution in [2.75, 3.05) is 7.11 Å². The molecule has 0 bridgehead atoms. The summed E-state index contributed by atoms with van der Waals surface area (Å²) < 4.78 is 1.53. The van der Waals surface area contributed by atoms with Crippen molar-refractivity contribution in [1.82, 2.24) is 9.78 Å². The van der Waals surface area contributed by atoms with Crippen LogP contribution in [0, 0.1) is 0 Å². The van der Waals surface area contributed by atoms with E-state index >= 15 is 0 Å². The number of aromatic hydroxyl groups is 1. The lowest BCUT2D eigenvalue weighted by molar-refractivity contribution is 0.213. The Morgan fingerprint density at radius 2 is 1.95 bits per heavy atom. The predicted octanol–water partition coefficient (Wildman–Crippen LogP) is 3.07. The van der Waals surface area contributed by atoms with Gasteiger partial charge < -0.3 is 9.94 Å². The zero-order chi connectivity index (χ0) is 14.7. The SMILES string of the molecule is CO/N=C(\C)c1c(C(C)C)nn(-c2ccccc2)c1O. The van der Waals surface area contributed by atoms with E-state index in [1.165, 1.54) is 11.8 Å². The number of oxime groups is 1. The maximum Gasteiger partial charge on any atom is 0.223 e. The summed E-state index contributed by atoms with van der Waals surface area (Å²) in [5, 5.41) is 18.9. The van der Waals surface area contributed by atoms with Gasteiger partial charge in [0.2, 0.25) is 5.88 Å². The van der Waals surface area contributed by atoms with Crippen LogP contribution in [-0.2, 0) is 4.84 Å². The number of para-hydroxylation sites is 1. The van der Waals surface area contributed by atoms with Crippen LogP contribution in [0.4, 0.5) is 0 Å². The van der Waals surface area contributed by atoms with Gasteiger partial charge in [-0.3, -0.25) is 0 Å². The van der Waals surface area contributed by atoms with Crippen LogP contribution in [0.1, 0.15) is 37.9 Å². The average molecular weight is 273 g/mol. The van der Waals surface area contributed by atoms with Gasteiger partial charge in [0, 0.05) is 0 Å². The summed E-state index contributed by atoms with van der Waals surface area (Å²) >= 11 is 0. The number of aromatic nitrogens is 2. The van der Waals surface area contributed by atoms with E-state index in [1.807, 2.05) is 44.2 Å². The van der Waals surface area contributed by atoms with Crippen LogP contribution >= 0.6 is 0 Å². The normalized spacial score (nSPS) is 11.9. The molecule has 0 saturated heterocycles. The van der Waals surface area contributed by atoms with E-state index < -0.39 is 0 Å². The Hall–Kier alpha value is -2.30. The Balaban J connectivity index is 2.63. The van der Waals surface area contributed by atoms with Gasteiger partial charge in [0.05, 0.1) is 22.7 Å². The molecule has 1 aromatic carbocycles. The van der Waals surface area contributed by atoms with Crippen LogP contribution in [0.5, 0.6) is 5.88 Å². The number of rotatable bonds is 4. The monoisotopic (exact) mass is 273 g/mol. The second-order valence-corrected chi connectivity index (χ2v) is 4.85. The molecule has 0 amide bonds. The molecule has 0 aliphatic rings. The lowest BCUT2D eigenvalue weighted by Crippen LogP contribution is -2.01. The van der Waals surface area contributed by atoms with Crippen LogP contribution in [0.3, 0.4) is 0 Å². The highest BCUT2D eigenvalue weighted by Gasteiger charge is 2.22. The molecule has 0 aliphatic heterocycles. The molecule has 0 aliphatic carbocycles. The van der Waals surface area contributed by atoms with Gasteiger partial charge in [-0.05, 0) is 25.0 Å². The first kappa shape index (κ1) is 14.1. The summed E-state index contributed by atoms with van der Waals surface area (Å²) in [7, 11) is 1.48. The fourth-order valence-corrected chi connectivity index (χ4v) is 2.11. The van der Waals surface area contributed by atoms with E-state index in [4.69, 9.17) is 4.84 Å². The molecule has 1 aromatic heterocycles. The van der Waals surface area contributed by atoms with Crippen LogP contribution < -0.4 is 0 Å². The Kier molecular flexibility index (Phi) is 4.08. The van der Waals surface area contributed by atoms with E-state index in [2.05, 4.69) is 10.3 Å². The Morgan fingerprint density at radius 3 is 2.50 bits per heavy atom. The van der Waals surface area contributed by atoms with E-state index in [0.717, 1.165) is 11.4 Å². The molecule has 2 aromatic rings. The summed E-state index contributed by atoms with van der Waals surface area (Å²) in [5.41, 5.74) is 2.84. The third kappa shape index (κ3) is 2.52. The predicted molar refractivity (Wildman–Crippen MR) is 78.5 cm³/mol. The Morgan fingerprint density at radius 1 is 1.30 bits per heavy atom. The summed E-state index contributed by atoms with van der Waals surface area (Å²) in [6, 6.07) is 9.52. The highest BCUT2D eigenvalue weighted by molar-refractivity contribution is 6.01. The lowest BCUT2D eigenvalue weighted by Gasteiger charge is -2.04. The van der Waals surface area contributed by atoms with Gasteiger partial charge in [0.1, 0.15) is 7.11 Å². The molecular weight excluding hydrogens is 254 g/mol. The quantitative estimate of drug-likeness (QED) is 0.688. The molecule has 0 fully saturated rings. The average Bonchev–Trinajstić information content (AvgIpc) is 2.78. The van der Waals surface area contributed by atoms with Crippen LogP contribution in [0.25, 0.3) is 5.69 Å². The van der Waals surface area contributed by atoms with Crippen LogP contribution in [-0.4, -0.2) is 27.7 Å². The maximum absolute atomic E-state index is 10.5. The van der Waals surface area contributed by atoms with Crippen LogP contribution in [0.15, 0.2) is 35.5 Å². The molecule has 0 unspecified atom stereocenters. The van der Waals surface area contributed by atoms with E-state index in [0.29, 0.717) is 11.3 Å². The van der Waals surface area contributed by atoms with Gasteiger partial charge in [-0.15, -0.1) is 0 Å². The minimum absolute atomic E-state index is 0.0817. The lowest BCUT2D eigenvalue weighted by atomic mass is 10.0. The standard InChI is InChI=1S/C15H19N3O2/c1-10(2)14-13(11(3)17-20-4)15(19)18(16-14)12-8-6-5-7-9-12/h5-10,19H,1-4H3/b17-11+. The number of hydrogen-bond donors (Lipinski definition) is 1. The second kappa shape index (κ2) is 5.77. The minimum Gasteiger partial charge on any atom is -0.493 e. The van der Waals surface area contributed by atoms with E-state index in [9.17, 15) is 5.11 Å². The van der Waals surface area contributed by atoms with Crippen molar-refractivity contribution in [2.24, 2.45) is 5.16 Å². The fraction of sp³-hybridized carbons (Fsp3) is 0.333. The highest BCUT2D eigenvalue weighted by atomic mass is 16.6. The van der Waals surface area contributed by atoms with Crippen molar-refractivity contribution >= 4 is 5.71 Å². The van der Waals surface area contributed by atoms with E-state index in [1.54, 1.807) is 6.92 Å². The van der Waals surface area contributed by atoms with Crippen molar-refractivity contribution in [3.05, 3.63) is 41.6 Å². The molecule has 0 atom stereocenters. The first-order valence-corrected chi connectivity index (χ1v) is 6.51. The molecule has 5 heteroatoms. The van der Waals surface area contributed by atoms with Crippen molar-refractivity contribution < 1.29 is 9.94 Å². The Bertz CT molecular complexity index is 616. The van der Waals surface area contributed by atoms with Gasteiger partial charge in [-0.25, -0.2) is 4.68 Å². The molecule has 5 nitrogen and oxygen atoms in total. The molecule has 20 heavy (non-hydrogen) atoms. The van der Waals surface area contributed by atoms with Gasteiger partial charge in [0.15, 0.2) is 0 Å². The zero-order valence-electron chi connectivity index (χ0n) is 12.2. The van der Waals surface area contributed by atoms with Gasteiger partial charge in [-0.1, -0.05) is 37.2 Å². The smallest absolute Gasteiger partial charge is 0.223 e. The minimum atomic E-state index is 0.0817. The molecule has 1 heterocycles. The number of benzene rings is 1.